The third-order valence-electron chi connectivity index (χ3n) is 3.30. The fraction of sp³-hybridized carbons (Fsp3) is 0.400. The molecule has 1 amide bonds. The third kappa shape index (κ3) is 3.51. The predicted molar refractivity (Wildman–Crippen MR) is 80.6 cm³/mol. The highest BCUT2D eigenvalue weighted by Crippen LogP contribution is 2.20. The van der Waals surface area contributed by atoms with E-state index in [9.17, 15) is 4.79 Å². The van der Waals surface area contributed by atoms with Crippen LogP contribution in [0.4, 0.5) is 5.69 Å². The number of amides is 1. The van der Waals surface area contributed by atoms with Gasteiger partial charge in [-0.15, -0.1) is 0 Å². The minimum absolute atomic E-state index is 0.109. The Hall–Kier alpha value is -2.01. The first kappa shape index (κ1) is 14.4. The van der Waals surface area contributed by atoms with Gasteiger partial charge in [0.1, 0.15) is 5.69 Å². The number of aromatic amines is 1. The van der Waals surface area contributed by atoms with Crippen molar-refractivity contribution in [1.82, 2.24) is 10.3 Å². The standard InChI is InChI=1S/C15H21N3O2/c16-12-7-5-6-11-10-13(18-14(11)12)15(20)17-8-3-1-2-4-9-19/h5-7,10,18-19H,1-4,8-9,16H2,(H,17,20). The van der Waals surface area contributed by atoms with E-state index >= 15 is 0 Å². The van der Waals surface area contributed by atoms with Gasteiger partial charge in [0, 0.05) is 18.5 Å². The van der Waals surface area contributed by atoms with Crippen molar-refractivity contribution >= 4 is 22.5 Å². The SMILES string of the molecule is Nc1cccc2cc(C(=O)NCCCCCCO)[nH]c12. The highest BCUT2D eigenvalue weighted by atomic mass is 16.2. The highest BCUT2D eigenvalue weighted by molar-refractivity contribution is 6.00. The molecule has 0 aliphatic heterocycles. The first-order valence-corrected chi connectivity index (χ1v) is 6.98. The summed E-state index contributed by atoms with van der Waals surface area (Å²) in [5, 5.41) is 12.5. The minimum Gasteiger partial charge on any atom is -0.397 e. The van der Waals surface area contributed by atoms with E-state index in [1.165, 1.54) is 0 Å². The van der Waals surface area contributed by atoms with Crippen molar-refractivity contribution in [1.29, 1.82) is 0 Å². The van der Waals surface area contributed by atoms with Gasteiger partial charge in [-0.1, -0.05) is 25.0 Å². The minimum atomic E-state index is -0.109. The zero-order valence-corrected chi connectivity index (χ0v) is 11.5. The number of aliphatic hydroxyl groups excluding tert-OH is 1. The Bertz CT molecular complexity index is 578. The second-order valence-electron chi connectivity index (χ2n) is 4.89. The van der Waals surface area contributed by atoms with Crippen LogP contribution in [0.3, 0.4) is 0 Å². The molecule has 0 radical (unpaired) electrons. The molecular formula is C15H21N3O2. The van der Waals surface area contributed by atoms with Crippen molar-refractivity contribution in [2.45, 2.75) is 25.7 Å². The average molecular weight is 275 g/mol. The number of benzene rings is 1. The van der Waals surface area contributed by atoms with E-state index in [1.807, 2.05) is 24.3 Å². The summed E-state index contributed by atoms with van der Waals surface area (Å²) in [7, 11) is 0. The van der Waals surface area contributed by atoms with Gasteiger partial charge in [0.2, 0.25) is 0 Å². The number of anilines is 1. The number of para-hydroxylation sites is 1. The molecule has 5 heteroatoms. The molecule has 0 saturated carbocycles. The molecule has 0 saturated heterocycles. The fourth-order valence-electron chi connectivity index (χ4n) is 2.19. The summed E-state index contributed by atoms with van der Waals surface area (Å²) < 4.78 is 0. The number of rotatable bonds is 7. The topological polar surface area (TPSA) is 91.1 Å². The lowest BCUT2D eigenvalue weighted by Crippen LogP contribution is -2.24. The summed E-state index contributed by atoms with van der Waals surface area (Å²) in [4.78, 5) is 15.0. The van der Waals surface area contributed by atoms with Gasteiger partial charge < -0.3 is 21.1 Å². The van der Waals surface area contributed by atoms with Crippen molar-refractivity contribution < 1.29 is 9.90 Å². The smallest absolute Gasteiger partial charge is 0.267 e. The van der Waals surface area contributed by atoms with Gasteiger partial charge >= 0.3 is 0 Å². The Labute approximate surface area is 118 Å². The lowest BCUT2D eigenvalue weighted by molar-refractivity contribution is 0.0948. The Balaban J connectivity index is 1.86. The van der Waals surface area contributed by atoms with Crippen LogP contribution in [0.1, 0.15) is 36.2 Å². The van der Waals surface area contributed by atoms with Gasteiger partial charge in [-0.2, -0.15) is 0 Å². The number of nitrogens with one attached hydrogen (secondary N) is 2. The maximum Gasteiger partial charge on any atom is 0.267 e. The first-order chi connectivity index (χ1) is 9.72. The largest absolute Gasteiger partial charge is 0.397 e. The van der Waals surface area contributed by atoms with Crippen LogP contribution in [0.2, 0.25) is 0 Å². The molecule has 0 unspecified atom stereocenters. The molecule has 0 fully saturated rings. The number of nitrogens with two attached hydrogens (primary N) is 1. The Morgan fingerprint density at radius 2 is 2.05 bits per heavy atom. The monoisotopic (exact) mass is 275 g/mol. The molecule has 0 atom stereocenters. The zero-order chi connectivity index (χ0) is 14.4. The molecule has 1 aromatic heterocycles. The molecule has 0 aliphatic rings. The van der Waals surface area contributed by atoms with E-state index in [4.69, 9.17) is 10.8 Å². The second kappa shape index (κ2) is 6.96. The van der Waals surface area contributed by atoms with Gasteiger partial charge in [-0.25, -0.2) is 0 Å². The van der Waals surface area contributed by atoms with E-state index in [0.29, 0.717) is 17.9 Å². The lowest BCUT2D eigenvalue weighted by Gasteiger charge is -2.03. The number of aromatic nitrogens is 1. The number of hydrogen-bond acceptors (Lipinski definition) is 3. The number of hydrogen-bond donors (Lipinski definition) is 4. The van der Waals surface area contributed by atoms with Gasteiger partial charge in [0.05, 0.1) is 11.2 Å². The summed E-state index contributed by atoms with van der Waals surface area (Å²) in [6.07, 6.45) is 3.76. The molecule has 5 nitrogen and oxygen atoms in total. The normalized spacial score (nSPS) is 10.8. The van der Waals surface area contributed by atoms with Crippen molar-refractivity contribution in [3.05, 3.63) is 30.0 Å². The van der Waals surface area contributed by atoms with Crippen LogP contribution < -0.4 is 11.1 Å². The lowest BCUT2D eigenvalue weighted by atomic mass is 10.2. The summed E-state index contributed by atoms with van der Waals surface area (Å²) >= 11 is 0. The maximum absolute atomic E-state index is 12.0. The number of nitrogen functional groups attached to an aromatic ring is 1. The fourth-order valence-corrected chi connectivity index (χ4v) is 2.19. The Morgan fingerprint density at radius 3 is 2.80 bits per heavy atom. The number of carbonyl (C=O) groups is 1. The van der Waals surface area contributed by atoms with E-state index < -0.39 is 0 Å². The molecule has 0 spiro atoms. The molecule has 1 aromatic carbocycles. The van der Waals surface area contributed by atoms with E-state index in [2.05, 4.69) is 10.3 Å². The van der Waals surface area contributed by atoms with Crippen LogP contribution in [0.25, 0.3) is 10.9 Å². The van der Waals surface area contributed by atoms with Gasteiger partial charge in [-0.05, 0) is 25.0 Å². The second-order valence-corrected chi connectivity index (χ2v) is 4.89. The van der Waals surface area contributed by atoms with E-state index in [-0.39, 0.29) is 12.5 Å². The van der Waals surface area contributed by atoms with Gasteiger partial charge in [0.25, 0.3) is 5.91 Å². The number of aliphatic hydroxyl groups is 1. The molecule has 5 N–H and O–H groups in total. The molecule has 2 aromatic rings. The van der Waals surface area contributed by atoms with E-state index in [0.717, 1.165) is 36.6 Å². The maximum atomic E-state index is 12.0. The Morgan fingerprint density at radius 1 is 1.25 bits per heavy atom. The van der Waals surface area contributed by atoms with Crippen LogP contribution in [0.5, 0.6) is 0 Å². The quantitative estimate of drug-likeness (QED) is 0.460. The molecule has 20 heavy (non-hydrogen) atoms. The molecule has 0 aliphatic carbocycles. The van der Waals surface area contributed by atoms with Crippen molar-refractivity contribution in [3.63, 3.8) is 0 Å². The highest BCUT2D eigenvalue weighted by Gasteiger charge is 2.09. The van der Waals surface area contributed by atoms with Crippen LogP contribution in [-0.4, -0.2) is 29.1 Å². The average Bonchev–Trinajstić information content (AvgIpc) is 2.88. The van der Waals surface area contributed by atoms with Crippen molar-refractivity contribution in [2.75, 3.05) is 18.9 Å². The number of fused-ring (bicyclic) bond motifs is 1. The molecule has 108 valence electrons. The predicted octanol–water partition coefficient (Wildman–Crippen LogP) is 2.03. The zero-order valence-electron chi connectivity index (χ0n) is 11.5. The Kier molecular flexibility index (Phi) is 5.01. The van der Waals surface area contributed by atoms with Crippen LogP contribution in [0.15, 0.2) is 24.3 Å². The third-order valence-corrected chi connectivity index (χ3v) is 3.30. The van der Waals surface area contributed by atoms with Crippen molar-refractivity contribution in [2.24, 2.45) is 0 Å². The first-order valence-electron chi connectivity index (χ1n) is 6.98. The number of carbonyl (C=O) groups excluding carboxylic acids is 1. The summed E-state index contributed by atoms with van der Waals surface area (Å²) in [6.45, 7) is 0.887. The number of H-pyrrole nitrogens is 1. The summed E-state index contributed by atoms with van der Waals surface area (Å²) in [5.41, 5.74) is 7.84. The summed E-state index contributed by atoms with van der Waals surface area (Å²) in [5.74, 6) is -0.109. The van der Waals surface area contributed by atoms with Crippen molar-refractivity contribution in [3.8, 4) is 0 Å². The molecule has 2 rings (SSSR count). The van der Waals surface area contributed by atoms with Crippen LogP contribution in [-0.2, 0) is 0 Å². The van der Waals surface area contributed by atoms with Gasteiger partial charge in [0.15, 0.2) is 0 Å². The molecule has 1 heterocycles. The summed E-state index contributed by atoms with van der Waals surface area (Å²) in [6, 6.07) is 7.41. The van der Waals surface area contributed by atoms with Crippen LogP contribution >= 0.6 is 0 Å². The van der Waals surface area contributed by atoms with Crippen LogP contribution in [0, 0.1) is 0 Å². The van der Waals surface area contributed by atoms with E-state index in [1.54, 1.807) is 0 Å². The van der Waals surface area contributed by atoms with Gasteiger partial charge in [-0.3, -0.25) is 4.79 Å². The molecular weight excluding hydrogens is 254 g/mol. The molecule has 0 bridgehead atoms. The number of unbranched alkanes of at least 4 members (excludes halogenated alkanes) is 3.